The average Bonchev–Trinajstić information content (AvgIpc) is 2.77. The number of sulfonamides is 1. The van der Waals surface area contributed by atoms with Gasteiger partial charge in [0.2, 0.25) is 5.16 Å². The number of rotatable bonds is 4. The second-order valence-electron chi connectivity index (χ2n) is 4.55. The molecule has 0 radical (unpaired) electrons. The zero-order chi connectivity index (χ0) is 15.7. The van der Waals surface area contributed by atoms with Crippen molar-refractivity contribution < 1.29 is 12.6 Å². The Bertz CT molecular complexity index is 863. The summed E-state index contributed by atoms with van der Waals surface area (Å²) in [6, 6.07) is 6.37. The molecule has 1 atom stereocenters. The molecular weight excluding hydrogens is 334 g/mol. The Kier molecular flexibility index (Phi) is 4.40. The molecule has 114 valence electrons. The third-order valence-electron chi connectivity index (χ3n) is 2.63. The largest absolute Gasteiger partial charge is 0.326 e. The maximum Gasteiger partial charge on any atom is 0.265 e. The lowest BCUT2D eigenvalue weighted by Gasteiger charge is -2.05. The number of halogens is 1. The minimum atomic E-state index is -3.89. The van der Waals surface area contributed by atoms with Crippen molar-refractivity contribution in [2.45, 2.75) is 10.9 Å². The number of hydrogen-bond acceptors (Lipinski definition) is 4. The summed E-state index contributed by atoms with van der Waals surface area (Å²) in [5.74, 6) is -0.334. The number of aromatic nitrogens is 2. The summed E-state index contributed by atoms with van der Waals surface area (Å²) in [6.07, 6.45) is 4.29. The van der Waals surface area contributed by atoms with E-state index in [-0.39, 0.29) is 10.9 Å². The summed E-state index contributed by atoms with van der Waals surface area (Å²) in [4.78, 5) is 3.90. The minimum absolute atomic E-state index is 0.127. The number of benzene rings is 1. The summed E-state index contributed by atoms with van der Waals surface area (Å²) >= 11 is 5.74. The third-order valence-corrected chi connectivity index (χ3v) is 6.70. The van der Waals surface area contributed by atoms with Crippen molar-refractivity contribution >= 4 is 31.4 Å². The quantitative estimate of drug-likeness (QED) is 0.847. The predicted molar refractivity (Wildman–Crippen MR) is 82.0 cm³/mol. The normalized spacial score (nSPS) is 14.6. The van der Waals surface area contributed by atoms with E-state index in [1.165, 1.54) is 17.0 Å². The zero-order valence-electron chi connectivity index (χ0n) is 11.4. The highest BCUT2D eigenvalue weighted by atomic mass is 35.5. The first-order valence-electron chi connectivity index (χ1n) is 5.87. The molecule has 0 aliphatic carbocycles. The molecule has 0 amide bonds. The van der Waals surface area contributed by atoms with Gasteiger partial charge in [-0.2, -0.15) is 0 Å². The molecule has 0 fully saturated rings. The van der Waals surface area contributed by atoms with E-state index >= 15 is 0 Å². The van der Waals surface area contributed by atoms with E-state index in [0.29, 0.717) is 10.6 Å². The first kappa shape index (κ1) is 16.0. The molecular formula is C12H14ClN3O3S2. The monoisotopic (exact) mass is 347 g/mol. The van der Waals surface area contributed by atoms with Crippen molar-refractivity contribution in [3.05, 3.63) is 47.2 Å². The molecule has 0 saturated heterocycles. The molecule has 9 heteroatoms. The van der Waals surface area contributed by atoms with Crippen molar-refractivity contribution in [3.63, 3.8) is 0 Å². The fourth-order valence-electron chi connectivity index (χ4n) is 1.78. The van der Waals surface area contributed by atoms with E-state index < -0.39 is 19.8 Å². The van der Waals surface area contributed by atoms with Crippen LogP contribution in [0.4, 0.5) is 0 Å². The van der Waals surface area contributed by atoms with Crippen LogP contribution in [0, 0.1) is 0 Å². The first-order valence-corrected chi connectivity index (χ1v) is 9.78. The molecule has 0 spiro atoms. The van der Waals surface area contributed by atoms with Gasteiger partial charge in [0.15, 0.2) is 0 Å². The summed E-state index contributed by atoms with van der Waals surface area (Å²) in [6.45, 7) is 0. The maximum absolute atomic E-state index is 12.5. The molecule has 0 bridgehead atoms. The van der Waals surface area contributed by atoms with Crippen molar-refractivity contribution in [3.8, 4) is 0 Å². The highest BCUT2D eigenvalue weighted by molar-refractivity contribution is 8.02. The number of aryl methyl sites for hydroxylation is 1. The van der Waals surface area contributed by atoms with Gasteiger partial charge in [-0.25, -0.2) is 17.6 Å². The molecule has 2 rings (SSSR count). The van der Waals surface area contributed by atoms with Crippen molar-refractivity contribution in [2.75, 3.05) is 6.26 Å². The second kappa shape index (κ2) is 5.78. The van der Waals surface area contributed by atoms with Gasteiger partial charge in [-0.05, 0) is 17.7 Å². The SMILES string of the molecule is Cn1ccnc1S(C)(=O)=NS(=O)(=O)Cc1ccc(Cl)cc1. The molecule has 1 heterocycles. The number of hydrogen-bond donors (Lipinski definition) is 0. The Morgan fingerprint density at radius 3 is 2.38 bits per heavy atom. The molecule has 1 aromatic carbocycles. The molecule has 2 aromatic rings. The van der Waals surface area contributed by atoms with E-state index in [2.05, 4.69) is 8.75 Å². The first-order chi connectivity index (χ1) is 9.70. The predicted octanol–water partition coefficient (Wildman–Crippen LogP) is 2.06. The fourth-order valence-corrected chi connectivity index (χ4v) is 5.59. The van der Waals surface area contributed by atoms with Gasteiger partial charge in [0.25, 0.3) is 10.0 Å². The topological polar surface area (TPSA) is 81.4 Å². The third kappa shape index (κ3) is 4.05. The summed E-state index contributed by atoms with van der Waals surface area (Å²) in [7, 11) is -5.38. The van der Waals surface area contributed by atoms with Gasteiger partial charge in [-0.1, -0.05) is 23.7 Å². The lowest BCUT2D eigenvalue weighted by molar-refractivity contribution is 0.597. The lowest BCUT2D eigenvalue weighted by Crippen LogP contribution is -2.10. The Hall–Kier alpha value is -1.38. The van der Waals surface area contributed by atoms with Crippen molar-refractivity contribution in [2.24, 2.45) is 10.8 Å². The van der Waals surface area contributed by atoms with Crippen LogP contribution in [0.3, 0.4) is 0 Å². The van der Waals surface area contributed by atoms with Gasteiger partial charge in [0.1, 0.15) is 9.73 Å². The number of imidazole rings is 1. The van der Waals surface area contributed by atoms with Crippen LogP contribution in [-0.4, -0.2) is 28.4 Å². The second-order valence-corrected chi connectivity index (χ2v) is 9.01. The van der Waals surface area contributed by atoms with E-state index in [0.717, 1.165) is 0 Å². The molecule has 0 N–H and O–H groups in total. The number of nitrogens with zero attached hydrogens (tertiary/aromatic N) is 3. The summed E-state index contributed by atoms with van der Waals surface area (Å²) in [5, 5.41) is 0.641. The standard InChI is InChI=1S/C12H14ClN3O3S2/c1-16-8-7-14-12(16)20(2,17)15-21(18,19)9-10-3-5-11(13)6-4-10/h3-8H,9H2,1-2H3. The van der Waals surface area contributed by atoms with E-state index in [4.69, 9.17) is 11.6 Å². The molecule has 0 aliphatic rings. The highest BCUT2D eigenvalue weighted by Gasteiger charge is 2.18. The minimum Gasteiger partial charge on any atom is -0.326 e. The fraction of sp³-hybridized carbons (Fsp3) is 0.250. The molecule has 6 nitrogen and oxygen atoms in total. The van der Waals surface area contributed by atoms with Crippen molar-refractivity contribution in [1.29, 1.82) is 0 Å². The Morgan fingerprint density at radius 1 is 1.24 bits per heavy atom. The van der Waals surface area contributed by atoms with Crippen LogP contribution in [-0.2, 0) is 32.6 Å². The lowest BCUT2D eigenvalue weighted by atomic mass is 10.2. The van der Waals surface area contributed by atoms with Crippen LogP contribution in [0.5, 0.6) is 0 Å². The molecule has 0 saturated carbocycles. The van der Waals surface area contributed by atoms with Crippen LogP contribution in [0.2, 0.25) is 5.02 Å². The van der Waals surface area contributed by atoms with E-state index in [1.54, 1.807) is 37.5 Å². The van der Waals surface area contributed by atoms with Crippen LogP contribution in [0.15, 0.2) is 45.6 Å². The zero-order valence-corrected chi connectivity index (χ0v) is 13.8. The molecule has 0 aliphatic heterocycles. The Labute approximate surface area is 129 Å². The van der Waals surface area contributed by atoms with Crippen LogP contribution in [0.25, 0.3) is 0 Å². The molecule has 1 unspecified atom stereocenters. The Morgan fingerprint density at radius 2 is 1.86 bits per heavy atom. The summed E-state index contributed by atoms with van der Waals surface area (Å²) < 4.78 is 41.7. The van der Waals surface area contributed by atoms with E-state index in [1.807, 2.05) is 0 Å². The summed E-state index contributed by atoms with van der Waals surface area (Å²) in [5.41, 5.74) is 0.526. The van der Waals surface area contributed by atoms with Gasteiger partial charge < -0.3 is 4.57 Å². The van der Waals surface area contributed by atoms with E-state index in [9.17, 15) is 12.6 Å². The maximum atomic E-state index is 12.5. The van der Waals surface area contributed by atoms with Gasteiger partial charge >= 0.3 is 0 Å². The molecule has 1 aromatic heterocycles. The smallest absolute Gasteiger partial charge is 0.265 e. The van der Waals surface area contributed by atoms with Crippen LogP contribution >= 0.6 is 11.6 Å². The average molecular weight is 348 g/mol. The van der Waals surface area contributed by atoms with Crippen LogP contribution < -0.4 is 0 Å². The van der Waals surface area contributed by atoms with Gasteiger partial charge in [-0.3, -0.25) is 0 Å². The Balaban J connectivity index is 2.36. The van der Waals surface area contributed by atoms with Gasteiger partial charge in [0.05, 0.1) is 5.75 Å². The highest BCUT2D eigenvalue weighted by Crippen LogP contribution is 2.16. The van der Waals surface area contributed by atoms with Gasteiger partial charge in [0, 0.05) is 30.7 Å². The van der Waals surface area contributed by atoms with Crippen molar-refractivity contribution in [1.82, 2.24) is 9.55 Å². The molecule has 21 heavy (non-hydrogen) atoms. The van der Waals surface area contributed by atoms with Crippen LogP contribution in [0.1, 0.15) is 5.56 Å². The van der Waals surface area contributed by atoms with Gasteiger partial charge in [-0.15, -0.1) is 3.77 Å².